The van der Waals surface area contributed by atoms with Crippen LogP contribution in [0.25, 0.3) is 0 Å². The van der Waals surface area contributed by atoms with Gasteiger partial charge in [0.15, 0.2) is 0 Å². The summed E-state index contributed by atoms with van der Waals surface area (Å²) in [7, 11) is 0. The van der Waals surface area contributed by atoms with Crippen molar-refractivity contribution < 1.29 is 27.7 Å². The second-order valence-corrected chi connectivity index (χ2v) is 0. The maximum Gasteiger partial charge on any atom is 2.00 e. The first kappa shape index (κ1) is 109. The summed E-state index contributed by atoms with van der Waals surface area (Å²) >= 11 is 0. The molecule has 26 valence electrons. The Bertz CT molecular complexity index is 9.61. The molecule has 5 heteroatoms. The van der Waals surface area contributed by atoms with Crippen LogP contribution in [0.15, 0.2) is 0 Å². The minimum Gasteiger partial charge on any atom is -2.00 e. The Morgan fingerprint density at radius 2 is 0.800 bits per heavy atom. The minimum atomic E-state index is 0. The molecular formula is BCoMgO2. The van der Waals surface area contributed by atoms with Crippen LogP contribution in [0.4, 0.5) is 0 Å². The van der Waals surface area contributed by atoms with Gasteiger partial charge in [0.1, 0.15) is 0 Å². The van der Waals surface area contributed by atoms with Gasteiger partial charge in [-0.2, -0.15) is 0 Å². The van der Waals surface area contributed by atoms with Crippen molar-refractivity contribution in [2.75, 3.05) is 0 Å². The molecule has 0 saturated carbocycles. The van der Waals surface area contributed by atoms with E-state index in [9.17, 15) is 0 Å². The van der Waals surface area contributed by atoms with Crippen molar-refractivity contribution in [3.63, 3.8) is 0 Å². The second-order valence-electron chi connectivity index (χ2n) is 0. The fourth-order valence-corrected chi connectivity index (χ4v) is 0. The molecule has 0 aliphatic rings. The summed E-state index contributed by atoms with van der Waals surface area (Å²) < 4.78 is 0. The van der Waals surface area contributed by atoms with Gasteiger partial charge >= 0.3 is 39.8 Å². The predicted molar refractivity (Wildman–Crippen MR) is 12.9 cm³/mol. The fraction of sp³-hybridized carbons (Fsp3) is 0. The third-order valence-corrected chi connectivity index (χ3v) is 0. The van der Waals surface area contributed by atoms with Crippen molar-refractivity contribution in [3.8, 4) is 0 Å². The van der Waals surface area contributed by atoms with Gasteiger partial charge < -0.3 is 11.0 Å². The van der Waals surface area contributed by atoms with E-state index in [-0.39, 0.29) is 59.2 Å². The molecule has 0 bridgehead atoms. The summed E-state index contributed by atoms with van der Waals surface area (Å²) in [6.07, 6.45) is 0. The molecule has 0 heterocycles. The minimum absolute atomic E-state index is 0. The van der Waals surface area contributed by atoms with E-state index in [1.807, 2.05) is 0 Å². The molecule has 0 unspecified atom stereocenters. The Kier molecular flexibility index (Phi) is 1320. The molecule has 4 radical (unpaired) electrons. The summed E-state index contributed by atoms with van der Waals surface area (Å²) in [5.41, 5.74) is 0. The number of hydrogen-bond donors (Lipinski definition) is 0. The van der Waals surface area contributed by atoms with Crippen molar-refractivity contribution in [1.29, 1.82) is 0 Å². The number of hydrogen-bond acceptors (Lipinski definition) is 0. The Hall–Kier alpha value is 1.26. The third kappa shape index (κ3) is 35.3. The average Bonchev–Trinajstić information content (AvgIpc) is 0. The van der Waals surface area contributed by atoms with E-state index in [4.69, 9.17) is 0 Å². The van der Waals surface area contributed by atoms with E-state index in [0.717, 1.165) is 0 Å². The summed E-state index contributed by atoms with van der Waals surface area (Å²) in [5.74, 6) is 0. The fourth-order valence-electron chi connectivity index (χ4n) is 0. The molecule has 0 N–H and O–H groups in total. The standard InChI is InChI=1S/B.Co.Mg.2O/q;2*+2;2*-2. The van der Waals surface area contributed by atoms with Crippen LogP contribution in [0, 0.1) is 0 Å². The van der Waals surface area contributed by atoms with Crippen molar-refractivity contribution >= 4 is 31.5 Å². The maximum atomic E-state index is 0. The molecule has 0 saturated heterocycles. The molecule has 0 aliphatic carbocycles. The zero-order chi connectivity index (χ0) is 0. The first-order valence-corrected chi connectivity index (χ1v) is 0. The first-order valence-electron chi connectivity index (χ1n) is 0. The van der Waals surface area contributed by atoms with Gasteiger partial charge in [-0.05, 0) is 0 Å². The Morgan fingerprint density at radius 3 is 0.800 bits per heavy atom. The summed E-state index contributed by atoms with van der Waals surface area (Å²) in [4.78, 5) is 0. The van der Waals surface area contributed by atoms with Gasteiger partial charge in [-0.1, -0.05) is 0 Å². The van der Waals surface area contributed by atoms with Gasteiger partial charge in [-0.25, -0.2) is 0 Å². The van der Waals surface area contributed by atoms with Gasteiger partial charge in [0.05, 0.1) is 0 Å². The zero-order valence-corrected chi connectivity index (χ0v) is 4.89. The van der Waals surface area contributed by atoms with Crippen LogP contribution in [0.3, 0.4) is 0 Å². The van der Waals surface area contributed by atoms with Crippen LogP contribution < -0.4 is 0 Å². The Morgan fingerprint density at radius 1 is 0.800 bits per heavy atom. The van der Waals surface area contributed by atoms with Crippen LogP contribution >= 0.6 is 0 Å². The molecule has 0 aliphatic heterocycles. The van der Waals surface area contributed by atoms with E-state index in [1.165, 1.54) is 0 Å². The van der Waals surface area contributed by atoms with Gasteiger partial charge in [0, 0.05) is 8.41 Å². The van der Waals surface area contributed by atoms with E-state index >= 15 is 0 Å². The quantitative estimate of drug-likeness (QED) is 0.374. The molecular weight excluding hydrogens is 126 g/mol. The molecule has 5 heavy (non-hydrogen) atoms. The predicted octanol–water partition coefficient (Wildman–Crippen LogP) is -1.00. The number of rotatable bonds is 0. The van der Waals surface area contributed by atoms with E-state index < -0.39 is 0 Å². The van der Waals surface area contributed by atoms with Crippen molar-refractivity contribution in [2.45, 2.75) is 0 Å². The molecule has 0 aromatic rings. The first-order chi connectivity index (χ1) is 0. The Balaban J connectivity index is 0. The molecule has 0 rings (SSSR count). The van der Waals surface area contributed by atoms with Gasteiger partial charge in [0.2, 0.25) is 0 Å². The largest absolute Gasteiger partial charge is 2.00 e. The molecule has 0 aromatic carbocycles. The molecule has 2 nitrogen and oxygen atoms in total. The molecule has 0 spiro atoms. The van der Waals surface area contributed by atoms with Crippen LogP contribution in [0.5, 0.6) is 0 Å². The SMILES string of the molecule is [B].[Co+2].[Mg+2].[O-2].[O-2]. The second kappa shape index (κ2) is 60.3. The average molecular weight is 126 g/mol. The van der Waals surface area contributed by atoms with E-state index in [2.05, 4.69) is 0 Å². The third-order valence-electron chi connectivity index (χ3n) is 0. The van der Waals surface area contributed by atoms with Gasteiger partial charge in [-0.15, -0.1) is 0 Å². The smallest absolute Gasteiger partial charge is 2.00 e. The topological polar surface area (TPSA) is 57.0 Å². The van der Waals surface area contributed by atoms with Crippen LogP contribution in [-0.4, -0.2) is 31.5 Å². The maximum absolute atomic E-state index is 0. The summed E-state index contributed by atoms with van der Waals surface area (Å²) in [6, 6.07) is 0. The molecule has 0 aromatic heterocycles. The van der Waals surface area contributed by atoms with Crippen molar-refractivity contribution in [1.82, 2.24) is 0 Å². The van der Waals surface area contributed by atoms with Crippen molar-refractivity contribution in [3.05, 3.63) is 0 Å². The monoisotopic (exact) mass is 126 g/mol. The van der Waals surface area contributed by atoms with Gasteiger partial charge in [0.25, 0.3) is 0 Å². The van der Waals surface area contributed by atoms with Crippen molar-refractivity contribution in [2.24, 2.45) is 0 Å². The normalized spacial score (nSPS) is 0. The van der Waals surface area contributed by atoms with Crippen LogP contribution in [0.2, 0.25) is 0 Å². The molecule has 0 atom stereocenters. The zero-order valence-electron chi connectivity index (χ0n) is 2.43. The van der Waals surface area contributed by atoms with Crippen LogP contribution in [-0.2, 0) is 27.7 Å². The van der Waals surface area contributed by atoms with E-state index in [0.29, 0.717) is 0 Å². The molecule has 0 amide bonds. The van der Waals surface area contributed by atoms with E-state index in [1.54, 1.807) is 0 Å². The van der Waals surface area contributed by atoms with Crippen LogP contribution in [0.1, 0.15) is 0 Å². The summed E-state index contributed by atoms with van der Waals surface area (Å²) in [5, 5.41) is 0. The summed E-state index contributed by atoms with van der Waals surface area (Å²) in [6.45, 7) is 0. The molecule has 0 fully saturated rings. The Labute approximate surface area is 59.2 Å². The van der Waals surface area contributed by atoms with Gasteiger partial charge in [-0.3, -0.25) is 0 Å².